The predicted molar refractivity (Wildman–Crippen MR) is 155 cm³/mol. The van der Waals surface area contributed by atoms with E-state index in [0.717, 1.165) is 17.5 Å². The third-order valence-electron chi connectivity index (χ3n) is 2.36. The molecule has 0 radical (unpaired) electrons. The first kappa shape index (κ1) is 52.5. The molecule has 0 aliphatic carbocycles. The van der Waals surface area contributed by atoms with Gasteiger partial charge in [-0.3, -0.25) is 4.55 Å². The van der Waals surface area contributed by atoms with Gasteiger partial charge in [-0.15, -0.1) is 13.2 Å². The molecule has 198 valence electrons. The zero-order chi connectivity index (χ0) is 28.3. The summed E-state index contributed by atoms with van der Waals surface area (Å²) in [5.74, 6) is 0. The molecule has 0 aromatic heterocycles. The fourth-order valence-electron chi connectivity index (χ4n) is 1.21. The molecular formula is C28H62O3S. The van der Waals surface area contributed by atoms with Gasteiger partial charge in [0.15, 0.2) is 0 Å². The van der Waals surface area contributed by atoms with E-state index in [1.165, 1.54) is 6.07 Å². The second kappa shape index (κ2) is 51.9. The molecule has 0 aliphatic heterocycles. The maximum absolute atomic E-state index is 10.9. The second-order valence-corrected chi connectivity index (χ2v) is 5.67. The van der Waals surface area contributed by atoms with E-state index in [-0.39, 0.29) is 4.90 Å². The second-order valence-electron chi connectivity index (χ2n) is 4.28. The van der Waals surface area contributed by atoms with Crippen molar-refractivity contribution in [3.63, 3.8) is 0 Å². The Balaban J connectivity index is -0.0000000424. The Morgan fingerprint density at radius 3 is 1.12 bits per heavy atom. The van der Waals surface area contributed by atoms with Crippen LogP contribution in [-0.4, -0.2) is 13.0 Å². The van der Waals surface area contributed by atoms with E-state index in [1.807, 2.05) is 110 Å². The maximum atomic E-state index is 10.9. The summed E-state index contributed by atoms with van der Waals surface area (Å²) >= 11 is 0. The van der Waals surface area contributed by atoms with Gasteiger partial charge in [0.05, 0.1) is 4.90 Å². The minimum Gasteiger partial charge on any atom is -0.282 e. The summed E-state index contributed by atoms with van der Waals surface area (Å²) in [5.41, 5.74) is 2.45. The van der Waals surface area contributed by atoms with Crippen LogP contribution in [0.5, 0.6) is 0 Å². The largest absolute Gasteiger partial charge is 0.294 e. The summed E-state index contributed by atoms with van der Waals surface area (Å²) in [6.07, 6.45) is 4.71. The van der Waals surface area contributed by atoms with Crippen molar-refractivity contribution in [3.8, 4) is 0 Å². The molecule has 3 nitrogen and oxygen atoms in total. The Bertz CT molecular complexity index is 532. The van der Waals surface area contributed by atoms with Crippen LogP contribution < -0.4 is 0 Å². The lowest BCUT2D eigenvalue weighted by Gasteiger charge is -2.06. The molecule has 0 unspecified atom stereocenters. The van der Waals surface area contributed by atoms with Crippen molar-refractivity contribution in [2.24, 2.45) is 0 Å². The lowest BCUT2D eigenvalue weighted by Crippen LogP contribution is -2.02. The third-order valence-corrected chi connectivity index (χ3v) is 3.35. The first-order valence-corrected chi connectivity index (χ1v) is 13.8. The minimum atomic E-state index is -4.07. The Hall–Kier alpha value is -1.39. The third kappa shape index (κ3) is 46.7. The quantitative estimate of drug-likeness (QED) is 0.339. The van der Waals surface area contributed by atoms with Crippen LogP contribution in [0, 0.1) is 20.8 Å². The zero-order valence-corrected chi connectivity index (χ0v) is 25.9. The molecule has 0 bridgehead atoms. The van der Waals surface area contributed by atoms with Crippen molar-refractivity contribution < 1.29 is 13.0 Å². The molecule has 0 saturated heterocycles. The first-order valence-electron chi connectivity index (χ1n) is 12.4. The fraction of sp³-hybridized carbons (Fsp3) is 0.643. The Morgan fingerprint density at radius 2 is 0.938 bits per heavy atom. The van der Waals surface area contributed by atoms with Gasteiger partial charge in [0.1, 0.15) is 0 Å². The SMILES string of the molecule is C=CC.C=CCC.CC.CC.CC.CC.CC.CC.Cc1cc(C)c(S(=O)(=O)O)cc1C. The van der Waals surface area contributed by atoms with Crippen molar-refractivity contribution in [2.75, 3.05) is 0 Å². The summed E-state index contributed by atoms with van der Waals surface area (Å²) in [5, 5.41) is 0. The average molecular weight is 479 g/mol. The smallest absolute Gasteiger partial charge is 0.282 e. The van der Waals surface area contributed by atoms with Crippen molar-refractivity contribution in [2.45, 2.75) is 129 Å². The highest BCUT2D eigenvalue weighted by atomic mass is 32.2. The molecule has 0 atom stereocenters. The molecule has 1 N–H and O–H groups in total. The van der Waals surface area contributed by atoms with Crippen LogP contribution in [0.4, 0.5) is 0 Å². The van der Waals surface area contributed by atoms with E-state index < -0.39 is 10.1 Å². The van der Waals surface area contributed by atoms with Crippen LogP contribution in [0.25, 0.3) is 0 Å². The van der Waals surface area contributed by atoms with E-state index in [9.17, 15) is 8.42 Å². The number of hydrogen-bond donors (Lipinski definition) is 1. The summed E-state index contributed by atoms with van der Waals surface area (Å²) in [7, 11) is -4.07. The van der Waals surface area contributed by atoms with Gasteiger partial charge in [-0.2, -0.15) is 8.42 Å². The van der Waals surface area contributed by atoms with Gasteiger partial charge in [-0.25, -0.2) is 0 Å². The number of allylic oxidation sites excluding steroid dienone is 2. The molecule has 0 heterocycles. The standard InChI is InChI=1S/C9H12O3S.C4H8.C3H6.6C2H6/c1-6-4-8(3)9(5-7(6)2)13(10,11)12;1-3-4-2;1-3-2;6*1-2/h4-5H,1-3H3,(H,10,11,12);3H,1,4H2,2H3;3H,1H2,2H3;6*1-2H3. The molecule has 1 rings (SSSR count). The number of rotatable bonds is 2. The van der Waals surface area contributed by atoms with Crippen molar-refractivity contribution in [1.82, 2.24) is 0 Å². The topological polar surface area (TPSA) is 54.4 Å². The molecule has 4 heteroatoms. The number of hydrogen-bond acceptors (Lipinski definition) is 2. The van der Waals surface area contributed by atoms with Gasteiger partial charge in [0, 0.05) is 0 Å². The fourth-order valence-corrected chi connectivity index (χ4v) is 2.00. The zero-order valence-electron chi connectivity index (χ0n) is 25.1. The molecule has 0 aliphatic rings. The number of aryl methyl sites for hydroxylation is 3. The Labute approximate surface area is 206 Å². The van der Waals surface area contributed by atoms with Crippen LogP contribution in [0.15, 0.2) is 42.3 Å². The maximum Gasteiger partial charge on any atom is 0.294 e. The highest BCUT2D eigenvalue weighted by Crippen LogP contribution is 2.19. The van der Waals surface area contributed by atoms with Crippen molar-refractivity contribution >= 4 is 10.1 Å². The summed E-state index contributed by atoms with van der Waals surface area (Å²) < 4.78 is 30.6. The lowest BCUT2D eigenvalue weighted by atomic mass is 10.1. The molecule has 0 fully saturated rings. The van der Waals surface area contributed by atoms with Gasteiger partial charge in [0.25, 0.3) is 10.1 Å². The normalized spacial score (nSPS) is 7.06. The van der Waals surface area contributed by atoms with Gasteiger partial charge < -0.3 is 0 Å². The molecular weight excluding hydrogens is 416 g/mol. The first-order chi connectivity index (χ1) is 15.1. The highest BCUT2D eigenvalue weighted by molar-refractivity contribution is 7.85. The van der Waals surface area contributed by atoms with Crippen LogP contribution in [-0.2, 0) is 10.1 Å². The van der Waals surface area contributed by atoms with Gasteiger partial charge in [0.2, 0.25) is 0 Å². The van der Waals surface area contributed by atoms with Crippen LogP contribution in [0.3, 0.4) is 0 Å². The molecule has 0 spiro atoms. The van der Waals surface area contributed by atoms with Crippen molar-refractivity contribution in [1.29, 1.82) is 0 Å². The van der Waals surface area contributed by atoms with Gasteiger partial charge in [-0.05, 0) is 56.9 Å². The molecule has 32 heavy (non-hydrogen) atoms. The van der Waals surface area contributed by atoms with Crippen LogP contribution in [0.2, 0.25) is 0 Å². The minimum absolute atomic E-state index is 0.00407. The summed E-state index contributed by atoms with van der Waals surface area (Å²) in [4.78, 5) is -0.00407. The molecule has 1 aromatic carbocycles. The summed E-state index contributed by atoms with van der Waals surface area (Å²) in [6.45, 7) is 40.2. The van der Waals surface area contributed by atoms with Gasteiger partial charge >= 0.3 is 0 Å². The van der Waals surface area contributed by atoms with Crippen LogP contribution in [0.1, 0.15) is 120 Å². The Kier molecular flexibility index (Phi) is 85.1. The van der Waals surface area contributed by atoms with Gasteiger partial charge in [-0.1, -0.05) is 108 Å². The average Bonchev–Trinajstić information content (AvgIpc) is 2.84. The highest BCUT2D eigenvalue weighted by Gasteiger charge is 2.13. The summed E-state index contributed by atoms with van der Waals surface area (Å²) in [6, 6.07) is 3.23. The Morgan fingerprint density at radius 1 is 0.719 bits per heavy atom. The monoisotopic (exact) mass is 478 g/mol. The molecule has 1 aromatic rings. The van der Waals surface area contributed by atoms with E-state index in [2.05, 4.69) is 20.1 Å². The van der Waals surface area contributed by atoms with Crippen molar-refractivity contribution in [3.05, 3.63) is 54.1 Å². The van der Waals surface area contributed by atoms with E-state index in [4.69, 9.17) is 4.55 Å². The van der Waals surface area contributed by atoms with E-state index in [1.54, 1.807) is 19.1 Å². The predicted octanol–water partition coefficient (Wildman–Crippen LogP) is 10.8. The van der Waals surface area contributed by atoms with Crippen LogP contribution >= 0.6 is 0 Å². The lowest BCUT2D eigenvalue weighted by molar-refractivity contribution is 0.482. The number of benzene rings is 1. The molecule has 0 amide bonds. The van der Waals surface area contributed by atoms with E-state index >= 15 is 0 Å². The molecule has 0 saturated carbocycles. The van der Waals surface area contributed by atoms with E-state index in [0.29, 0.717) is 5.56 Å².